The van der Waals surface area contributed by atoms with Crippen molar-refractivity contribution < 1.29 is 14.9 Å². The number of para-hydroxylation sites is 1. The number of benzene rings is 1. The minimum absolute atomic E-state index is 0.129. The smallest absolute Gasteiger partial charge is 0.162 e. The summed E-state index contributed by atoms with van der Waals surface area (Å²) in [6.45, 7) is 5.31. The normalized spacial score (nSPS) is 11.5. The molecule has 1 aromatic carbocycles. The lowest BCUT2D eigenvalue weighted by molar-refractivity contribution is 0.156. The second kappa shape index (κ2) is 5.89. The Morgan fingerprint density at radius 3 is 2.65 bits per heavy atom. The fourth-order valence-electron chi connectivity index (χ4n) is 1.47. The highest BCUT2D eigenvalue weighted by Gasteiger charge is 2.16. The minimum atomic E-state index is -0.158. The molecule has 0 bridgehead atoms. The Hall–Kier alpha value is -1.26. The van der Waals surface area contributed by atoms with E-state index >= 15 is 0 Å². The van der Waals surface area contributed by atoms with E-state index in [4.69, 9.17) is 9.84 Å². The molecule has 0 aliphatic carbocycles. The predicted octanol–water partition coefficient (Wildman–Crippen LogP) is 1.51. The summed E-state index contributed by atoms with van der Waals surface area (Å²) < 4.78 is 5.04. The van der Waals surface area contributed by atoms with Crippen LogP contribution in [0, 0.1) is 5.41 Å². The Labute approximate surface area is 102 Å². The van der Waals surface area contributed by atoms with Gasteiger partial charge < -0.3 is 20.3 Å². The highest BCUT2D eigenvalue weighted by molar-refractivity contribution is 5.45. The average molecular weight is 239 g/mol. The summed E-state index contributed by atoms with van der Waals surface area (Å²) >= 11 is 0. The van der Waals surface area contributed by atoms with Crippen LogP contribution in [0.1, 0.15) is 19.4 Å². The number of aliphatic hydroxyl groups is 1. The molecule has 1 rings (SSSR count). The second-order valence-corrected chi connectivity index (χ2v) is 4.89. The number of aromatic hydroxyl groups is 1. The molecule has 1 aromatic rings. The maximum absolute atomic E-state index is 9.86. The standard InChI is InChI=1S/C13H21NO3/c1-13(2,9-15)8-14-7-10-5-4-6-11(17-3)12(10)16/h4-6,14-16H,7-9H2,1-3H3. The van der Waals surface area contributed by atoms with Crippen LogP contribution in [-0.2, 0) is 6.54 Å². The fraction of sp³-hybridized carbons (Fsp3) is 0.538. The van der Waals surface area contributed by atoms with Gasteiger partial charge in [-0.1, -0.05) is 26.0 Å². The molecule has 3 N–H and O–H groups in total. The monoisotopic (exact) mass is 239 g/mol. The Morgan fingerprint density at radius 1 is 1.35 bits per heavy atom. The molecule has 0 aliphatic heterocycles. The Balaban J connectivity index is 2.58. The van der Waals surface area contributed by atoms with Crippen molar-refractivity contribution in [3.05, 3.63) is 23.8 Å². The van der Waals surface area contributed by atoms with Gasteiger partial charge in [-0.3, -0.25) is 0 Å². The molecule has 0 heterocycles. The third kappa shape index (κ3) is 3.91. The molecule has 4 nitrogen and oxygen atoms in total. The van der Waals surface area contributed by atoms with Crippen molar-refractivity contribution in [2.75, 3.05) is 20.3 Å². The number of phenols is 1. The summed E-state index contributed by atoms with van der Waals surface area (Å²) in [6, 6.07) is 5.40. The molecule has 0 aromatic heterocycles. The summed E-state index contributed by atoms with van der Waals surface area (Å²) in [5.74, 6) is 0.648. The van der Waals surface area contributed by atoms with Crippen molar-refractivity contribution >= 4 is 0 Å². The Kier molecular flexibility index (Phi) is 4.78. The van der Waals surface area contributed by atoms with Gasteiger partial charge in [0.05, 0.1) is 7.11 Å². The summed E-state index contributed by atoms with van der Waals surface area (Å²) in [5.41, 5.74) is 0.632. The molecule has 0 fully saturated rings. The van der Waals surface area contributed by atoms with Crippen LogP contribution < -0.4 is 10.1 Å². The van der Waals surface area contributed by atoms with Crippen LogP contribution in [0.3, 0.4) is 0 Å². The van der Waals surface area contributed by atoms with Crippen LogP contribution in [-0.4, -0.2) is 30.5 Å². The Morgan fingerprint density at radius 2 is 2.06 bits per heavy atom. The zero-order valence-electron chi connectivity index (χ0n) is 10.7. The molecule has 0 radical (unpaired) electrons. The minimum Gasteiger partial charge on any atom is -0.504 e. The first-order valence-corrected chi connectivity index (χ1v) is 5.66. The maximum atomic E-state index is 9.86. The molecule has 4 heteroatoms. The van der Waals surface area contributed by atoms with Crippen molar-refractivity contribution in [1.29, 1.82) is 0 Å². The van der Waals surface area contributed by atoms with Gasteiger partial charge in [-0.25, -0.2) is 0 Å². The van der Waals surface area contributed by atoms with Crippen molar-refractivity contribution in [3.8, 4) is 11.5 Å². The first-order valence-electron chi connectivity index (χ1n) is 5.66. The van der Waals surface area contributed by atoms with Gasteiger partial charge in [0.2, 0.25) is 0 Å². The number of rotatable bonds is 6. The van der Waals surface area contributed by atoms with Crippen molar-refractivity contribution in [2.24, 2.45) is 5.41 Å². The van der Waals surface area contributed by atoms with Gasteiger partial charge in [0.1, 0.15) is 0 Å². The molecule has 0 saturated heterocycles. The molecular formula is C13H21NO3. The van der Waals surface area contributed by atoms with Crippen LogP contribution in [0.2, 0.25) is 0 Å². The third-order valence-corrected chi connectivity index (χ3v) is 2.65. The summed E-state index contributed by atoms with van der Waals surface area (Å²) in [4.78, 5) is 0. The number of hydrogen-bond donors (Lipinski definition) is 3. The molecule has 0 aliphatic rings. The molecule has 0 amide bonds. The molecule has 0 unspecified atom stereocenters. The highest BCUT2D eigenvalue weighted by Crippen LogP contribution is 2.29. The van der Waals surface area contributed by atoms with E-state index in [1.54, 1.807) is 6.07 Å². The lowest BCUT2D eigenvalue weighted by Gasteiger charge is -2.22. The lowest BCUT2D eigenvalue weighted by atomic mass is 9.95. The predicted molar refractivity (Wildman–Crippen MR) is 67.2 cm³/mol. The number of ether oxygens (including phenoxy) is 1. The van der Waals surface area contributed by atoms with E-state index < -0.39 is 0 Å². The number of aliphatic hydroxyl groups excluding tert-OH is 1. The van der Waals surface area contributed by atoms with Gasteiger partial charge >= 0.3 is 0 Å². The first-order chi connectivity index (χ1) is 8.00. The SMILES string of the molecule is COc1cccc(CNCC(C)(C)CO)c1O. The van der Waals surface area contributed by atoms with Crippen LogP contribution in [0.5, 0.6) is 11.5 Å². The Bertz CT molecular complexity index is 364. The van der Waals surface area contributed by atoms with Gasteiger partial charge in [-0.15, -0.1) is 0 Å². The number of phenolic OH excluding ortho intramolecular Hbond substituents is 1. The fourth-order valence-corrected chi connectivity index (χ4v) is 1.47. The summed E-state index contributed by atoms with van der Waals surface area (Å²) in [7, 11) is 1.53. The van der Waals surface area contributed by atoms with Gasteiger partial charge in [0, 0.05) is 30.7 Å². The summed E-state index contributed by atoms with van der Waals surface area (Å²) in [6.07, 6.45) is 0. The number of hydrogen-bond acceptors (Lipinski definition) is 4. The first kappa shape index (κ1) is 13.8. The van der Waals surface area contributed by atoms with Crippen molar-refractivity contribution in [2.45, 2.75) is 20.4 Å². The molecule has 0 atom stereocenters. The van der Waals surface area contributed by atoms with Crippen LogP contribution in [0.4, 0.5) is 0 Å². The second-order valence-electron chi connectivity index (χ2n) is 4.89. The van der Waals surface area contributed by atoms with E-state index in [9.17, 15) is 5.11 Å². The van der Waals surface area contributed by atoms with E-state index in [1.165, 1.54) is 7.11 Å². The van der Waals surface area contributed by atoms with E-state index in [1.807, 2.05) is 26.0 Å². The number of nitrogens with one attached hydrogen (secondary N) is 1. The van der Waals surface area contributed by atoms with E-state index in [-0.39, 0.29) is 17.8 Å². The highest BCUT2D eigenvalue weighted by atomic mass is 16.5. The van der Waals surface area contributed by atoms with Crippen molar-refractivity contribution in [3.63, 3.8) is 0 Å². The topological polar surface area (TPSA) is 61.7 Å². The van der Waals surface area contributed by atoms with Gasteiger partial charge in [0.25, 0.3) is 0 Å². The van der Waals surface area contributed by atoms with Crippen LogP contribution >= 0.6 is 0 Å². The molecule has 0 saturated carbocycles. The summed E-state index contributed by atoms with van der Waals surface area (Å²) in [5, 5.41) is 22.2. The van der Waals surface area contributed by atoms with Crippen molar-refractivity contribution in [1.82, 2.24) is 5.32 Å². The zero-order chi connectivity index (χ0) is 12.9. The van der Waals surface area contributed by atoms with E-state index in [0.29, 0.717) is 18.8 Å². The van der Waals surface area contributed by atoms with Gasteiger partial charge in [-0.05, 0) is 6.07 Å². The van der Waals surface area contributed by atoms with E-state index in [2.05, 4.69) is 5.32 Å². The van der Waals surface area contributed by atoms with Gasteiger partial charge in [-0.2, -0.15) is 0 Å². The lowest BCUT2D eigenvalue weighted by Crippen LogP contribution is -2.31. The van der Waals surface area contributed by atoms with E-state index in [0.717, 1.165) is 5.56 Å². The molecule has 96 valence electrons. The largest absolute Gasteiger partial charge is 0.504 e. The third-order valence-electron chi connectivity index (χ3n) is 2.65. The average Bonchev–Trinajstić information content (AvgIpc) is 2.31. The number of methoxy groups -OCH3 is 1. The molecular weight excluding hydrogens is 218 g/mol. The quantitative estimate of drug-likeness (QED) is 0.704. The maximum Gasteiger partial charge on any atom is 0.162 e. The van der Waals surface area contributed by atoms with Gasteiger partial charge in [0.15, 0.2) is 11.5 Å². The molecule has 0 spiro atoms. The van der Waals surface area contributed by atoms with Crippen LogP contribution in [0.25, 0.3) is 0 Å². The van der Waals surface area contributed by atoms with Crippen LogP contribution in [0.15, 0.2) is 18.2 Å². The zero-order valence-corrected chi connectivity index (χ0v) is 10.7. The molecule has 17 heavy (non-hydrogen) atoms.